The van der Waals surface area contributed by atoms with Crippen molar-refractivity contribution in [1.29, 1.82) is 0 Å². The van der Waals surface area contributed by atoms with Crippen molar-refractivity contribution in [3.63, 3.8) is 0 Å². The van der Waals surface area contributed by atoms with Gasteiger partial charge in [-0.05, 0) is 0 Å². The summed E-state index contributed by atoms with van der Waals surface area (Å²) in [5.74, 6) is 0. The summed E-state index contributed by atoms with van der Waals surface area (Å²) >= 11 is 0. The summed E-state index contributed by atoms with van der Waals surface area (Å²) in [6, 6.07) is 0. The summed E-state index contributed by atoms with van der Waals surface area (Å²) in [5.41, 5.74) is 0. The molecule has 0 aliphatic rings. The Bertz CT molecular complexity index is 12.9. The van der Waals surface area contributed by atoms with Crippen molar-refractivity contribution < 1.29 is 33.8 Å². The van der Waals surface area contributed by atoms with Crippen LogP contribution in [0.15, 0.2) is 0 Å². The molecule has 0 aromatic heterocycles. The SMILES string of the molecule is Cl.Cl.[Ba+2].[H-].[H-].[H-].[Na+]. The Hall–Kier alpha value is 3.15. The van der Waals surface area contributed by atoms with E-state index in [4.69, 9.17) is 0 Å². The molecule has 0 spiro atoms. The van der Waals surface area contributed by atoms with E-state index in [-0.39, 0.29) is 108 Å². The predicted molar refractivity (Wildman–Crippen MR) is 23.6 cm³/mol. The molecule has 0 amide bonds. The van der Waals surface area contributed by atoms with E-state index in [0.717, 1.165) is 0 Å². The number of hydrogen-bond donors (Lipinski definition) is 0. The fourth-order valence-corrected chi connectivity index (χ4v) is 0. The molecule has 4 heteroatoms. The van der Waals surface area contributed by atoms with Crippen LogP contribution in [0.5, 0.6) is 0 Å². The largest absolute Gasteiger partial charge is 2.00 e. The third kappa shape index (κ3) is 8.94. The minimum absolute atomic E-state index is 0. The van der Waals surface area contributed by atoms with Crippen LogP contribution in [0.4, 0.5) is 0 Å². The normalized spacial score (nSPS) is 0. The maximum absolute atomic E-state index is 0. The summed E-state index contributed by atoms with van der Waals surface area (Å²) in [5, 5.41) is 0. The molecule has 0 nitrogen and oxygen atoms in total. The van der Waals surface area contributed by atoms with E-state index < -0.39 is 0 Å². The first-order chi connectivity index (χ1) is 0. The van der Waals surface area contributed by atoms with Crippen LogP contribution in [0, 0.1) is 0 Å². The first-order valence-corrected chi connectivity index (χ1v) is 0. The Morgan fingerprint density at radius 3 is 1.00 bits per heavy atom. The van der Waals surface area contributed by atoms with Gasteiger partial charge >= 0.3 is 78.4 Å². The average molecular weight is 236 g/mol. The Kier molecular flexibility index (Phi) is 112. The van der Waals surface area contributed by atoms with E-state index in [1.807, 2.05) is 0 Å². The van der Waals surface area contributed by atoms with Crippen molar-refractivity contribution in [3.05, 3.63) is 0 Å². The van der Waals surface area contributed by atoms with Crippen molar-refractivity contribution in [3.8, 4) is 0 Å². The van der Waals surface area contributed by atoms with E-state index in [0.29, 0.717) is 0 Å². The van der Waals surface area contributed by atoms with Crippen LogP contribution in [0.2, 0.25) is 0 Å². The van der Waals surface area contributed by atoms with E-state index >= 15 is 0 Å². The first kappa shape index (κ1) is 27.2. The van der Waals surface area contributed by atoms with Gasteiger partial charge in [0.25, 0.3) is 0 Å². The van der Waals surface area contributed by atoms with Crippen molar-refractivity contribution in [1.82, 2.24) is 0 Å². The van der Waals surface area contributed by atoms with Gasteiger partial charge in [0.05, 0.1) is 0 Å². The standard InChI is InChI=1S/Ba.2ClH.Na.3H/h;2*1H;;;;/q+2;;;+1;3*-1. The summed E-state index contributed by atoms with van der Waals surface area (Å²) in [6.07, 6.45) is 0. The Labute approximate surface area is 105 Å². The zero-order valence-electron chi connectivity index (χ0n) is 5.52. The molecule has 0 N–H and O–H groups in total. The molecule has 0 aliphatic heterocycles. The maximum Gasteiger partial charge on any atom is 2.00 e. The van der Waals surface area contributed by atoms with Gasteiger partial charge in [-0.15, -0.1) is 24.8 Å². The third-order valence-corrected chi connectivity index (χ3v) is 0. The van der Waals surface area contributed by atoms with E-state index in [9.17, 15) is 0 Å². The Morgan fingerprint density at radius 2 is 1.00 bits per heavy atom. The van der Waals surface area contributed by atoms with Crippen LogP contribution in [-0.4, -0.2) is 48.9 Å². The van der Waals surface area contributed by atoms with Gasteiger partial charge in [-0.1, -0.05) is 0 Å². The van der Waals surface area contributed by atoms with Gasteiger partial charge in [-0.25, -0.2) is 0 Å². The number of halogens is 2. The molecule has 0 heterocycles. The maximum atomic E-state index is 0. The Balaban J connectivity index is 0. The number of rotatable bonds is 0. The summed E-state index contributed by atoms with van der Waals surface area (Å²) in [6.45, 7) is 0. The van der Waals surface area contributed by atoms with Crippen molar-refractivity contribution >= 4 is 73.7 Å². The van der Waals surface area contributed by atoms with Crippen molar-refractivity contribution in [2.45, 2.75) is 0 Å². The van der Waals surface area contributed by atoms with Gasteiger partial charge in [0.15, 0.2) is 0 Å². The van der Waals surface area contributed by atoms with Crippen LogP contribution in [0.25, 0.3) is 0 Å². The fraction of sp³-hybridized carbons (Fsp3) is 0. The van der Waals surface area contributed by atoms with E-state index in [1.54, 1.807) is 0 Å². The molecule has 0 unspecified atom stereocenters. The Morgan fingerprint density at radius 1 is 1.00 bits per heavy atom. The molecule has 0 bridgehead atoms. The molecule has 0 saturated heterocycles. The van der Waals surface area contributed by atoms with Crippen LogP contribution in [0.3, 0.4) is 0 Å². The molecule has 0 radical (unpaired) electrons. The van der Waals surface area contributed by atoms with Gasteiger partial charge < -0.3 is 4.28 Å². The van der Waals surface area contributed by atoms with Gasteiger partial charge in [-0.2, -0.15) is 0 Å². The molecule has 0 atom stereocenters. The smallest absolute Gasteiger partial charge is 1.00 e. The molecule has 0 aliphatic carbocycles. The molecule has 0 fully saturated rings. The predicted octanol–water partition coefficient (Wildman–Crippen LogP) is -2.20. The molecular formula is H5BaCl2Na. The van der Waals surface area contributed by atoms with Crippen LogP contribution >= 0.6 is 24.8 Å². The second-order valence-electron chi connectivity index (χ2n) is 0. The van der Waals surface area contributed by atoms with Crippen molar-refractivity contribution in [2.24, 2.45) is 0 Å². The van der Waals surface area contributed by atoms with Crippen LogP contribution in [0.1, 0.15) is 4.28 Å². The zero-order valence-corrected chi connectivity index (χ0v) is 10.6. The number of hydrogen-bond acceptors (Lipinski definition) is 0. The van der Waals surface area contributed by atoms with Gasteiger partial charge in [0.2, 0.25) is 0 Å². The molecule has 0 aromatic rings. The minimum Gasteiger partial charge on any atom is -1.00 e. The minimum atomic E-state index is 0. The van der Waals surface area contributed by atoms with Gasteiger partial charge in [0, 0.05) is 0 Å². The fourth-order valence-electron chi connectivity index (χ4n) is 0. The van der Waals surface area contributed by atoms with E-state index in [2.05, 4.69) is 0 Å². The zero-order chi connectivity index (χ0) is 0. The average Bonchev–Trinajstić information content (AvgIpc) is 0. The molecule has 0 saturated carbocycles. The summed E-state index contributed by atoms with van der Waals surface area (Å²) < 4.78 is 0. The second-order valence-corrected chi connectivity index (χ2v) is 0. The molecule has 0 rings (SSSR count). The molecule has 0 aromatic carbocycles. The van der Waals surface area contributed by atoms with Crippen LogP contribution in [-0.2, 0) is 0 Å². The van der Waals surface area contributed by atoms with E-state index in [1.165, 1.54) is 0 Å². The van der Waals surface area contributed by atoms with Gasteiger partial charge in [0.1, 0.15) is 0 Å². The molecule has 22 valence electrons. The molecular weight excluding hydrogens is 231 g/mol. The monoisotopic (exact) mass is 236 g/mol. The van der Waals surface area contributed by atoms with Crippen molar-refractivity contribution in [2.75, 3.05) is 0 Å². The summed E-state index contributed by atoms with van der Waals surface area (Å²) in [7, 11) is 0. The topological polar surface area (TPSA) is 0 Å². The van der Waals surface area contributed by atoms with Gasteiger partial charge in [-0.3, -0.25) is 0 Å². The third-order valence-electron chi connectivity index (χ3n) is 0. The molecule has 4 heavy (non-hydrogen) atoms. The van der Waals surface area contributed by atoms with Crippen LogP contribution < -0.4 is 29.6 Å². The summed E-state index contributed by atoms with van der Waals surface area (Å²) in [4.78, 5) is 0. The second kappa shape index (κ2) is 16.4. The quantitative estimate of drug-likeness (QED) is 0.419. The first-order valence-electron chi connectivity index (χ1n) is 0.